The van der Waals surface area contributed by atoms with Gasteiger partial charge in [-0.2, -0.15) is 10.2 Å². The minimum Gasteiger partial charge on any atom is -0.491 e. The number of ether oxygens (including phenoxy) is 2. The number of benzene rings is 5. The second kappa shape index (κ2) is 21.9. The monoisotopic (exact) mass is 756 g/mol. The molecule has 0 spiro atoms. The standard InChI is InChI=1S/C46H56N6O4/c1-5-49(6-2)39-23-19-37(20-24-39)31-47-51(41-15-11-9-12-16-41)33-43(53)35-55-45-27-29-46(30-28-45)56-36-44(54)34-52(42-17-13-10-14-18-42)48-32-38-21-25-40(26-22-38)50(7-3)8-4/h9-32,43-44,53-54H,5-8,33-36H2,1-4H3/b47-31-,48-32-. The van der Waals surface area contributed by atoms with Gasteiger partial charge in [0.25, 0.3) is 0 Å². The van der Waals surface area contributed by atoms with Crippen LogP contribution in [0.1, 0.15) is 38.8 Å². The second-order valence-electron chi connectivity index (χ2n) is 13.3. The molecule has 0 aliphatic rings. The average Bonchev–Trinajstić information content (AvgIpc) is 3.25. The fourth-order valence-corrected chi connectivity index (χ4v) is 6.15. The van der Waals surface area contributed by atoms with Gasteiger partial charge in [-0.05, 0) is 112 Å². The SMILES string of the molecule is CCN(CC)c1ccc(/C=N\N(CC(O)COc2ccc(OCC(O)CN(/N=C\c3ccc(N(CC)CC)cc3)c3ccccc3)cc2)c2ccccc2)cc1. The number of rotatable bonds is 22. The van der Waals surface area contributed by atoms with Crippen molar-refractivity contribution >= 4 is 35.2 Å². The molecule has 2 atom stereocenters. The third kappa shape index (κ3) is 12.6. The van der Waals surface area contributed by atoms with Crippen molar-refractivity contribution in [1.82, 2.24) is 0 Å². The Hall–Kier alpha value is -5.84. The van der Waals surface area contributed by atoms with Gasteiger partial charge in [-0.1, -0.05) is 60.7 Å². The zero-order valence-electron chi connectivity index (χ0n) is 33.1. The lowest BCUT2D eigenvalue weighted by atomic mass is 10.2. The normalized spacial score (nSPS) is 12.4. The van der Waals surface area contributed by atoms with Crippen molar-refractivity contribution in [2.24, 2.45) is 10.2 Å². The predicted octanol–water partition coefficient (Wildman–Crippen LogP) is 7.94. The fraction of sp³-hybridized carbons (Fsp3) is 0.304. The van der Waals surface area contributed by atoms with Crippen molar-refractivity contribution in [3.05, 3.63) is 145 Å². The van der Waals surface area contributed by atoms with E-state index in [1.54, 1.807) is 34.3 Å². The van der Waals surface area contributed by atoms with Crippen LogP contribution < -0.4 is 29.3 Å². The molecule has 10 heteroatoms. The van der Waals surface area contributed by atoms with Crippen LogP contribution in [0.2, 0.25) is 0 Å². The van der Waals surface area contributed by atoms with Crippen LogP contribution in [0.5, 0.6) is 11.5 Å². The zero-order valence-corrected chi connectivity index (χ0v) is 33.1. The van der Waals surface area contributed by atoms with E-state index in [4.69, 9.17) is 19.7 Å². The molecule has 2 N–H and O–H groups in total. The largest absolute Gasteiger partial charge is 0.491 e. The van der Waals surface area contributed by atoms with Crippen LogP contribution >= 0.6 is 0 Å². The summed E-state index contributed by atoms with van der Waals surface area (Å²) in [7, 11) is 0. The minimum atomic E-state index is -0.814. The van der Waals surface area contributed by atoms with Gasteiger partial charge in [0.1, 0.15) is 36.9 Å². The Morgan fingerprint density at radius 3 is 1.12 bits per heavy atom. The molecule has 0 heterocycles. The molecule has 56 heavy (non-hydrogen) atoms. The van der Waals surface area contributed by atoms with Crippen LogP contribution in [-0.4, -0.2) is 87.3 Å². The highest BCUT2D eigenvalue weighted by Crippen LogP contribution is 2.21. The Bertz CT molecular complexity index is 1740. The molecule has 0 saturated heterocycles. The van der Waals surface area contributed by atoms with Crippen molar-refractivity contribution in [3.8, 4) is 11.5 Å². The lowest BCUT2D eigenvalue weighted by molar-refractivity contribution is 0.110. The topological polar surface area (TPSA) is 96.6 Å². The summed E-state index contributed by atoms with van der Waals surface area (Å²) in [6.45, 7) is 13.0. The minimum absolute atomic E-state index is 0.0756. The van der Waals surface area contributed by atoms with E-state index in [1.807, 2.05) is 73.1 Å². The summed E-state index contributed by atoms with van der Waals surface area (Å²) in [5, 5.41) is 35.0. The van der Waals surface area contributed by atoms with Crippen LogP contribution in [0.4, 0.5) is 22.7 Å². The van der Waals surface area contributed by atoms with Crippen LogP contribution in [0, 0.1) is 0 Å². The zero-order chi connectivity index (χ0) is 39.5. The molecule has 2 unspecified atom stereocenters. The number of hydrogen-bond donors (Lipinski definition) is 2. The maximum Gasteiger partial charge on any atom is 0.119 e. The predicted molar refractivity (Wildman–Crippen MR) is 232 cm³/mol. The van der Waals surface area contributed by atoms with E-state index in [1.165, 1.54) is 11.4 Å². The van der Waals surface area contributed by atoms with Crippen molar-refractivity contribution in [3.63, 3.8) is 0 Å². The first-order chi connectivity index (χ1) is 27.4. The summed E-state index contributed by atoms with van der Waals surface area (Å²) in [5.41, 5.74) is 6.03. The Kier molecular flexibility index (Phi) is 16.2. The number of aliphatic hydroxyl groups is 2. The van der Waals surface area contributed by atoms with Crippen molar-refractivity contribution in [2.75, 3.05) is 72.3 Å². The maximum atomic E-state index is 11.0. The molecular weight excluding hydrogens is 701 g/mol. The van der Waals surface area contributed by atoms with E-state index in [0.717, 1.165) is 48.7 Å². The molecule has 0 aliphatic heterocycles. The molecule has 5 aromatic carbocycles. The van der Waals surface area contributed by atoms with Crippen molar-refractivity contribution in [2.45, 2.75) is 39.9 Å². The summed E-state index contributed by atoms with van der Waals surface area (Å²) < 4.78 is 11.9. The Balaban J connectivity index is 1.12. The molecule has 0 fully saturated rings. The third-order valence-electron chi connectivity index (χ3n) is 9.32. The quantitative estimate of drug-likeness (QED) is 0.0543. The van der Waals surface area contributed by atoms with Gasteiger partial charge in [0.15, 0.2) is 0 Å². The van der Waals surface area contributed by atoms with Gasteiger partial charge in [-0.25, -0.2) is 0 Å². The first-order valence-electron chi connectivity index (χ1n) is 19.5. The van der Waals surface area contributed by atoms with Crippen LogP contribution in [0.15, 0.2) is 144 Å². The molecule has 0 aliphatic carbocycles. The number of aliphatic hydroxyl groups excluding tert-OH is 2. The molecule has 0 aromatic heterocycles. The van der Waals surface area contributed by atoms with Gasteiger partial charge in [0.2, 0.25) is 0 Å². The molecule has 0 bridgehead atoms. The summed E-state index contributed by atoms with van der Waals surface area (Å²) >= 11 is 0. The molecular formula is C46H56N6O4. The van der Waals surface area contributed by atoms with Crippen molar-refractivity contribution < 1.29 is 19.7 Å². The smallest absolute Gasteiger partial charge is 0.119 e. The van der Waals surface area contributed by atoms with Gasteiger partial charge in [-0.15, -0.1) is 0 Å². The number of hydrogen-bond acceptors (Lipinski definition) is 10. The molecule has 10 nitrogen and oxygen atoms in total. The second-order valence-corrected chi connectivity index (χ2v) is 13.3. The van der Waals surface area contributed by atoms with Crippen molar-refractivity contribution in [1.29, 1.82) is 0 Å². The molecule has 5 rings (SSSR count). The van der Waals surface area contributed by atoms with E-state index >= 15 is 0 Å². The molecule has 0 radical (unpaired) electrons. The molecule has 0 amide bonds. The van der Waals surface area contributed by atoms with Crippen LogP contribution in [-0.2, 0) is 0 Å². The van der Waals surface area contributed by atoms with Gasteiger partial charge < -0.3 is 29.5 Å². The summed E-state index contributed by atoms with van der Waals surface area (Å²) in [4.78, 5) is 4.59. The summed E-state index contributed by atoms with van der Waals surface area (Å²) in [6.07, 6.45) is 1.99. The van der Waals surface area contributed by atoms with Gasteiger partial charge >= 0.3 is 0 Å². The molecule has 294 valence electrons. The highest BCUT2D eigenvalue weighted by Gasteiger charge is 2.15. The lowest BCUT2D eigenvalue weighted by Crippen LogP contribution is -2.33. The molecule has 5 aromatic rings. The highest BCUT2D eigenvalue weighted by atomic mass is 16.5. The first kappa shape index (κ1) is 41.3. The van der Waals surface area contributed by atoms with Crippen LogP contribution in [0.25, 0.3) is 0 Å². The Morgan fingerprint density at radius 1 is 0.464 bits per heavy atom. The Labute approximate surface area is 332 Å². The van der Waals surface area contributed by atoms with E-state index in [0.29, 0.717) is 11.5 Å². The fourth-order valence-electron chi connectivity index (χ4n) is 6.15. The first-order valence-corrected chi connectivity index (χ1v) is 19.5. The van der Waals surface area contributed by atoms with E-state index < -0.39 is 12.2 Å². The maximum absolute atomic E-state index is 11.0. The van der Waals surface area contributed by atoms with E-state index in [2.05, 4.69) is 86.0 Å². The summed E-state index contributed by atoms with van der Waals surface area (Å²) in [6, 6.07) is 43.3. The van der Waals surface area contributed by atoms with Gasteiger partial charge in [-0.3, -0.25) is 10.0 Å². The van der Waals surface area contributed by atoms with Crippen LogP contribution in [0.3, 0.4) is 0 Å². The number of para-hydroxylation sites is 2. The third-order valence-corrected chi connectivity index (χ3v) is 9.32. The summed E-state index contributed by atoms with van der Waals surface area (Å²) in [5.74, 6) is 1.18. The van der Waals surface area contributed by atoms with E-state index in [9.17, 15) is 10.2 Å². The lowest BCUT2D eigenvalue weighted by Gasteiger charge is -2.23. The Morgan fingerprint density at radius 2 is 0.804 bits per heavy atom. The number of hydrazone groups is 2. The van der Waals surface area contributed by atoms with E-state index in [-0.39, 0.29) is 26.3 Å². The average molecular weight is 757 g/mol. The number of anilines is 4. The number of nitrogens with zero attached hydrogens (tertiary/aromatic N) is 6. The van der Waals surface area contributed by atoms with Gasteiger partial charge in [0.05, 0.1) is 36.9 Å². The molecule has 0 saturated carbocycles. The highest BCUT2D eigenvalue weighted by molar-refractivity contribution is 5.82. The van der Waals surface area contributed by atoms with Gasteiger partial charge in [0, 0.05) is 37.6 Å².